The van der Waals surface area contributed by atoms with Crippen molar-refractivity contribution < 1.29 is 50.7 Å². The van der Waals surface area contributed by atoms with Crippen molar-refractivity contribution in [3.63, 3.8) is 0 Å². The molecule has 14 heteroatoms. The molecule has 20 rings (SSSR count). The van der Waals surface area contributed by atoms with Gasteiger partial charge >= 0.3 is 11.9 Å². The van der Waals surface area contributed by atoms with Gasteiger partial charge in [-0.2, -0.15) is 0 Å². The van der Waals surface area contributed by atoms with Gasteiger partial charge in [0.1, 0.15) is 5.75 Å². The molecule has 586 valence electrons. The lowest BCUT2D eigenvalue weighted by molar-refractivity contribution is -0.139. The number of aryl methyl sites for hydroxylation is 3. The van der Waals surface area contributed by atoms with Crippen molar-refractivity contribution in [1.82, 2.24) is 19.6 Å². The lowest BCUT2D eigenvalue weighted by atomic mass is 9.65. The molecule has 12 heterocycles. The van der Waals surface area contributed by atoms with E-state index in [1.54, 1.807) is 30.3 Å². The smallest absolute Gasteiger partial charge is 0.341 e. The number of aliphatic hydroxyl groups is 4. The van der Waals surface area contributed by atoms with Crippen LogP contribution in [-0.4, -0.2) is 147 Å². The van der Waals surface area contributed by atoms with Crippen molar-refractivity contribution in [3.05, 3.63) is 279 Å². The number of aliphatic carboxylic acids is 1. The highest BCUT2D eigenvalue weighted by Crippen LogP contribution is 2.50. The first-order valence-corrected chi connectivity index (χ1v) is 41.1. The Morgan fingerprint density at radius 2 is 0.725 bits per heavy atom. The van der Waals surface area contributed by atoms with Crippen LogP contribution in [0.4, 0.5) is 0 Å². The van der Waals surface area contributed by atoms with Crippen LogP contribution >= 0.6 is 11.6 Å². The van der Waals surface area contributed by atoms with E-state index in [0.717, 1.165) is 111 Å². The second-order valence-electron chi connectivity index (χ2n) is 34.1. The molecule has 0 spiro atoms. The molecule has 8 aromatic carbocycles. The summed E-state index contributed by atoms with van der Waals surface area (Å²) in [5.41, 5.74) is 8.23. The quantitative estimate of drug-likeness (QED) is 0.0357. The molecule has 0 aromatic heterocycles. The van der Waals surface area contributed by atoms with Crippen molar-refractivity contribution in [2.75, 3.05) is 85.1 Å². The standard InChI is InChI=1S/C25H33NO.C24H29NO4.C23H26ClNO3.C23H29NO.4H2/c1-24(2,3)21-9-11-22(12-10-21)25(27,17-19-7-5-4-6-8-19)23-18-26-15-13-20(23)14-16-26;26-23(27)17-29-21-8-6-18(7-9-21)10-13-24(28,20-4-2-1-3-5-20)22-16-25-14-11-19(22)12-15-25;24-21-14-16(6-7-19(21)22(26)27)8-11-23(28,18-4-2-1-3-5-18)20-15-25-12-9-17(20)10-13-25;1-2-18-8-10-21(11-9-18)23(25,16-19-6-4-3-5-7-19)22-17-24-14-12-20(22)13-15-24;;;;/h4-12,20,23,27H,13-18H2,1-3H3;1-9,19,22,28H,10-17H2,(H,26,27);1-7,14,17,20,28H,8-13,15H2,(H,26,27);3-11,20,22,25H,2,12-17H2,1H3;4*1H. The lowest BCUT2D eigenvalue weighted by Crippen LogP contribution is -2.55. The van der Waals surface area contributed by atoms with Crippen LogP contribution in [0.15, 0.2) is 212 Å². The van der Waals surface area contributed by atoms with Crippen LogP contribution < -0.4 is 4.74 Å². The van der Waals surface area contributed by atoms with Crippen molar-refractivity contribution in [2.24, 2.45) is 47.3 Å². The highest BCUT2D eigenvalue weighted by Gasteiger charge is 2.52. The fraction of sp³-hybridized carbons (Fsp3) is 0.474. The summed E-state index contributed by atoms with van der Waals surface area (Å²) >= 11 is 6.14. The Hall–Kier alpha value is -7.53. The highest BCUT2D eigenvalue weighted by atomic mass is 35.5. The van der Waals surface area contributed by atoms with E-state index in [1.807, 2.05) is 66.7 Å². The predicted octanol–water partition coefficient (Wildman–Crippen LogP) is 17.3. The third-order valence-electron chi connectivity index (χ3n) is 26.5. The number of fused-ring (bicyclic) bond motifs is 12. The average Bonchev–Trinajstić information content (AvgIpc) is 0.760. The molecule has 0 amide bonds. The third-order valence-corrected chi connectivity index (χ3v) is 26.8. The summed E-state index contributed by atoms with van der Waals surface area (Å²) < 4.78 is 5.21. The summed E-state index contributed by atoms with van der Waals surface area (Å²) in [5.74, 6) is 2.04. The Balaban J connectivity index is 0.000000171. The van der Waals surface area contributed by atoms with Gasteiger partial charge in [-0.15, -0.1) is 0 Å². The number of nitrogens with zero attached hydrogens (tertiary/aromatic N) is 4. The Labute approximate surface area is 658 Å². The Morgan fingerprint density at radius 1 is 0.404 bits per heavy atom. The maximum Gasteiger partial charge on any atom is 0.341 e. The number of hydrogen-bond acceptors (Lipinski definition) is 11. The van der Waals surface area contributed by atoms with Crippen molar-refractivity contribution in [1.29, 1.82) is 0 Å². The minimum Gasteiger partial charge on any atom is -0.482 e. The average molecular weight is 1500 g/mol. The van der Waals surface area contributed by atoms with E-state index in [9.17, 15) is 30.0 Å². The molecule has 0 radical (unpaired) electrons. The molecule has 8 bridgehead atoms. The summed E-state index contributed by atoms with van der Waals surface area (Å²) in [4.78, 5) is 31.9. The number of halogens is 1. The summed E-state index contributed by atoms with van der Waals surface area (Å²) in [5, 5.41) is 66.2. The molecule has 12 aliphatic rings. The van der Waals surface area contributed by atoms with Gasteiger partial charge in [0.15, 0.2) is 6.61 Å². The van der Waals surface area contributed by atoms with Gasteiger partial charge in [0.05, 0.1) is 33.0 Å². The number of carboxylic acid groups (broad SMARTS) is 2. The van der Waals surface area contributed by atoms with Gasteiger partial charge in [-0.05, 0) is 245 Å². The Kier molecular flexibility index (Phi) is 25.9. The Bertz CT molecular complexity index is 4220. The second kappa shape index (κ2) is 35.4. The third kappa shape index (κ3) is 19.0. The van der Waals surface area contributed by atoms with E-state index in [-0.39, 0.29) is 40.2 Å². The van der Waals surface area contributed by atoms with Crippen LogP contribution in [0.25, 0.3) is 0 Å². The molecule has 109 heavy (non-hydrogen) atoms. The SMILES string of the molecule is CC(C)(C)c1ccc(C(O)(Cc2ccccc2)C2CN3CCC2CC3)cc1.CCc1ccc(C(O)(Cc2ccccc2)C2CN3CCC2CC3)cc1.O=C(O)COc1ccc(CCC(O)(c2ccccc2)C2CN3CCC2CC3)cc1.O=C(O)c1ccc(CCC(O)(c2ccccc2)C2CN3CCC2CC3)cc1Cl.[HH].[HH].[HH].[HH]. The van der Waals surface area contributed by atoms with E-state index in [2.05, 4.69) is 163 Å². The molecule has 12 fully saturated rings. The normalized spacial score (nSPS) is 26.6. The molecule has 0 aliphatic carbocycles. The van der Waals surface area contributed by atoms with Gasteiger partial charge in [0.25, 0.3) is 0 Å². The van der Waals surface area contributed by atoms with Crippen LogP contribution in [0.5, 0.6) is 5.75 Å². The van der Waals surface area contributed by atoms with Gasteiger partial charge in [-0.25, -0.2) is 9.59 Å². The number of carboxylic acids is 2. The van der Waals surface area contributed by atoms with Crippen LogP contribution in [-0.2, 0) is 64.7 Å². The molecular weight excluding hydrogens is 1380 g/mol. The second-order valence-corrected chi connectivity index (χ2v) is 34.5. The first-order valence-electron chi connectivity index (χ1n) is 40.7. The minimum absolute atomic E-state index is 0. The van der Waals surface area contributed by atoms with Crippen LogP contribution in [0.1, 0.15) is 164 Å². The highest BCUT2D eigenvalue weighted by molar-refractivity contribution is 6.33. The van der Waals surface area contributed by atoms with Crippen LogP contribution in [0, 0.1) is 47.3 Å². The molecule has 8 atom stereocenters. The number of carbonyl (C=O) groups is 2. The van der Waals surface area contributed by atoms with E-state index < -0.39 is 34.3 Å². The van der Waals surface area contributed by atoms with E-state index in [1.165, 1.54) is 87.0 Å². The number of hydrogen-bond donors (Lipinski definition) is 6. The van der Waals surface area contributed by atoms with E-state index >= 15 is 0 Å². The monoisotopic (exact) mass is 1500 g/mol. The summed E-state index contributed by atoms with van der Waals surface area (Å²) in [6.45, 7) is 21.9. The maximum atomic E-state index is 12.1. The largest absolute Gasteiger partial charge is 0.482 e. The molecule has 6 N–H and O–H groups in total. The fourth-order valence-corrected chi connectivity index (χ4v) is 20.3. The van der Waals surface area contributed by atoms with Gasteiger partial charge in [0.2, 0.25) is 0 Å². The molecule has 8 aromatic rings. The van der Waals surface area contributed by atoms with Crippen molar-refractivity contribution >= 4 is 23.5 Å². The van der Waals surface area contributed by atoms with E-state index in [4.69, 9.17) is 26.6 Å². The molecule has 8 unspecified atom stereocenters. The van der Waals surface area contributed by atoms with Gasteiger partial charge < -0.3 is 55.0 Å². The first-order chi connectivity index (χ1) is 52.6. The summed E-state index contributed by atoms with van der Waals surface area (Å²) in [6, 6.07) is 71.2. The van der Waals surface area contributed by atoms with Crippen molar-refractivity contribution in [2.45, 2.75) is 152 Å². The zero-order chi connectivity index (χ0) is 76.3. The Morgan fingerprint density at radius 3 is 1.06 bits per heavy atom. The fourth-order valence-electron chi connectivity index (χ4n) is 20.0. The lowest BCUT2D eigenvalue weighted by Gasteiger charge is -2.51. The number of ether oxygens (including phenoxy) is 1. The van der Waals surface area contributed by atoms with E-state index in [0.29, 0.717) is 73.4 Å². The van der Waals surface area contributed by atoms with Gasteiger partial charge in [-0.3, -0.25) is 0 Å². The van der Waals surface area contributed by atoms with Crippen molar-refractivity contribution in [3.8, 4) is 5.75 Å². The zero-order valence-electron chi connectivity index (χ0n) is 64.7. The maximum absolute atomic E-state index is 12.1. The van der Waals surface area contributed by atoms with Gasteiger partial charge in [-0.1, -0.05) is 227 Å². The number of rotatable bonds is 23. The molecule has 12 aliphatic heterocycles. The first kappa shape index (κ1) is 79.6. The number of aromatic carboxylic acids is 1. The van der Waals surface area contributed by atoms with Crippen LogP contribution in [0.3, 0.4) is 0 Å². The topological polar surface area (TPSA) is 178 Å². The summed E-state index contributed by atoms with van der Waals surface area (Å²) in [7, 11) is 0. The molecule has 13 nitrogen and oxygen atoms in total. The molecule has 12 saturated heterocycles. The molecule has 0 saturated carbocycles. The number of benzene rings is 8. The molecular formula is C95H125ClN4O9. The van der Waals surface area contributed by atoms with Crippen LogP contribution in [0.2, 0.25) is 5.02 Å². The predicted molar refractivity (Wildman–Crippen MR) is 443 cm³/mol. The number of piperidine rings is 12. The van der Waals surface area contributed by atoms with Gasteiger partial charge in [0, 0.05) is 68.4 Å². The zero-order valence-corrected chi connectivity index (χ0v) is 65.5. The minimum atomic E-state index is -1.02. The summed E-state index contributed by atoms with van der Waals surface area (Å²) in [6.07, 6.45) is 14.7.